The lowest BCUT2D eigenvalue weighted by molar-refractivity contribution is -0.143. The molecule has 0 saturated carbocycles. The zero-order chi connectivity index (χ0) is 20.1. The van der Waals surface area contributed by atoms with E-state index in [1.54, 1.807) is 51.3 Å². The van der Waals surface area contributed by atoms with Crippen LogP contribution in [0.4, 0.5) is 0 Å². The van der Waals surface area contributed by atoms with Crippen LogP contribution in [0.3, 0.4) is 0 Å². The van der Waals surface area contributed by atoms with E-state index in [-0.39, 0.29) is 18.9 Å². The number of benzene rings is 2. The van der Waals surface area contributed by atoms with Crippen molar-refractivity contribution in [1.29, 1.82) is 0 Å². The summed E-state index contributed by atoms with van der Waals surface area (Å²) in [7, 11) is 1.58. The summed E-state index contributed by atoms with van der Waals surface area (Å²) in [6.07, 6.45) is 0.0112. The number of nitrogens with zero attached hydrogens (tertiary/aromatic N) is 1. The second-order valence-electron chi connectivity index (χ2n) is 6.20. The van der Waals surface area contributed by atoms with Gasteiger partial charge in [-0.15, -0.1) is 0 Å². The SMILES string of the molecule is CCOC(=O)CC(NC(=O)c1cccc2nc(C)oc12)c1ccc(OC)cc1. The van der Waals surface area contributed by atoms with Crippen molar-refractivity contribution in [2.24, 2.45) is 0 Å². The van der Waals surface area contributed by atoms with E-state index in [0.29, 0.717) is 28.3 Å². The highest BCUT2D eigenvalue weighted by molar-refractivity contribution is 6.04. The van der Waals surface area contributed by atoms with E-state index < -0.39 is 12.0 Å². The fourth-order valence-electron chi connectivity index (χ4n) is 2.95. The molecule has 0 spiro atoms. The number of hydrogen-bond acceptors (Lipinski definition) is 6. The number of oxazole rings is 1. The van der Waals surface area contributed by atoms with Gasteiger partial charge >= 0.3 is 5.97 Å². The van der Waals surface area contributed by atoms with Crippen LogP contribution in [0.1, 0.15) is 41.2 Å². The van der Waals surface area contributed by atoms with Gasteiger partial charge in [0.15, 0.2) is 11.5 Å². The topological polar surface area (TPSA) is 90.7 Å². The summed E-state index contributed by atoms with van der Waals surface area (Å²) in [5.74, 6) is 0.421. The number of aromatic nitrogens is 1. The van der Waals surface area contributed by atoms with Gasteiger partial charge in [-0.05, 0) is 36.8 Å². The Labute approximate surface area is 162 Å². The lowest BCUT2D eigenvalue weighted by Gasteiger charge is -2.19. The lowest BCUT2D eigenvalue weighted by Crippen LogP contribution is -2.30. The number of rotatable bonds is 7. The van der Waals surface area contributed by atoms with Crippen LogP contribution in [-0.4, -0.2) is 30.6 Å². The highest BCUT2D eigenvalue weighted by Gasteiger charge is 2.22. The van der Waals surface area contributed by atoms with Gasteiger partial charge in [0.25, 0.3) is 5.91 Å². The Kier molecular flexibility index (Phi) is 5.93. The molecule has 1 amide bonds. The van der Waals surface area contributed by atoms with E-state index in [1.807, 2.05) is 12.1 Å². The Balaban J connectivity index is 1.88. The van der Waals surface area contributed by atoms with Crippen LogP contribution in [0.25, 0.3) is 11.1 Å². The maximum atomic E-state index is 12.9. The molecule has 0 radical (unpaired) electrons. The molecule has 0 saturated heterocycles. The number of hydrogen-bond donors (Lipinski definition) is 1. The first-order valence-electron chi connectivity index (χ1n) is 8.98. The number of methoxy groups -OCH3 is 1. The summed E-state index contributed by atoms with van der Waals surface area (Å²) in [6, 6.07) is 11.8. The van der Waals surface area contributed by atoms with Gasteiger partial charge in [0.2, 0.25) is 0 Å². The first kappa shape index (κ1) is 19.4. The van der Waals surface area contributed by atoms with Crippen LogP contribution < -0.4 is 10.1 Å². The minimum absolute atomic E-state index is 0.0112. The fraction of sp³-hybridized carbons (Fsp3) is 0.286. The molecule has 3 aromatic rings. The molecule has 1 unspecified atom stereocenters. The third-order valence-electron chi connectivity index (χ3n) is 4.27. The molecule has 0 aliphatic carbocycles. The molecule has 0 aliphatic heterocycles. The molecule has 0 bridgehead atoms. The summed E-state index contributed by atoms with van der Waals surface area (Å²) >= 11 is 0. The quantitative estimate of drug-likeness (QED) is 0.628. The van der Waals surface area contributed by atoms with Gasteiger partial charge in [-0.25, -0.2) is 4.98 Å². The molecule has 1 atom stereocenters. The van der Waals surface area contributed by atoms with E-state index in [4.69, 9.17) is 13.9 Å². The summed E-state index contributed by atoms with van der Waals surface area (Å²) < 4.78 is 15.8. The average molecular weight is 382 g/mol. The largest absolute Gasteiger partial charge is 0.497 e. The van der Waals surface area contributed by atoms with Crippen LogP contribution in [0.5, 0.6) is 5.75 Å². The number of aryl methyl sites for hydroxylation is 1. The van der Waals surface area contributed by atoms with Gasteiger partial charge in [-0.1, -0.05) is 18.2 Å². The summed E-state index contributed by atoms with van der Waals surface area (Å²) in [5, 5.41) is 2.91. The van der Waals surface area contributed by atoms with E-state index in [2.05, 4.69) is 10.3 Å². The number of nitrogens with one attached hydrogen (secondary N) is 1. The number of carbonyl (C=O) groups excluding carboxylic acids is 2. The Morgan fingerprint density at radius 2 is 1.93 bits per heavy atom. The molecule has 3 rings (SSSR count). The Hall–Kier alpha value is -3.35. The minimum Gasteiger partial charge on any atom is -0.497 e. The number of carbonyl (C=O) groups is 2. The first-order chi connectivity index (χ1) is 13.5. The minimum atomic E-state index is -0.559. The predicted octanol–water partition coefficient (Wildman–Crippen LogP) is 3.57. The molecule has 7 heteroatoms. The van der Waals surface area contributed by atoms with Crippen molar-refractivity contribution >= 4 is 23.0 Å². The molecule has 2 aromatic carbocycles. The molecule has 28 heavy (non-hydrogen) atoms. The van der Waals surface area contributed by atoms with E-state index in [0.717, 1.165) is 5.56 Å². The zero-order valence-electron chi connectivity index (χ0n) is 16.0. The van der Waals surface area contributed by atoms with Gasteiger partial charge in [-0.3, -0.25) is 9.59 Å². The number of para-hydroxylation sites is 1. The Morgan fingerprint density at radius 1 is 1.18 bits per heavy atom. The van der Waals surface area contributed by atoms with E-state index in [1.165, 1.54) is 0 Å². The lowest BCUT2D eigenvalue weighted by atomic mass is 10.0. The van der Waals surface area contributed by atoms with Crippen molar-refractivity contribution in [1.82, 2.24) is 10.3 Å². The monoisotopic (exact) mass is 382 g/mol. The highest BCUT2D eigenvalue weighted by atomic mass is 16.5. The fourth-order valence-corrected chi connectivity index (χ4v) is 2.95. The summed E-state index contributed by atoms with van der Waals surface area (Å²) in [4.78, 5) is 29.2. The van der Waals surface area contributed by atoms with Crippen molar-refractivity contribution in [2.75, 3.05) is 13.7 Å². The second kappa shape index (κ2) is 8.56. The van der Waals surface area contributed by atoms with E-state index >= 15 is 0 Å². The van der Waals surface area contributed by atoms with Crippen molar-refractivity contribution < 1.29 is 23.5 Å². The van der Waals surface area contributed by atoms with Crippen LogP contribution in [0, 0.1) is 6.92 Å². The third kappa shape index (κ3) is 4.31. The summed E-state index contributed by atoms with van der Waals surface area (Å²) in [6.45, 7) is 3.74. The molecule has 1 N–H and O–H groups in total. The smallest absolute Gasteiger partial charge is 0.308 e. The number of amides is 1. The highest BCUT2D eigenvalue weighted by Crippen LogP contribution is 2.24. The van der Waals surface area contributed by atoms with E-state index in [9.17, 15) is 9.59 Å². The Morgan fingerprint density at radius 3 is 2.61 bits per heavy atom. The molecular weight excluding hydrogens is 360 g/mol. The number of ether oxygens (including phenoxy) is 2. The molecule has 7 nitrogen and oxygen atoms in total. The van der Waals surface area contributed by atoms with Crippen molar-refractivity contribution in [2.45, 2.75) is 26.3 Å². The van der Waals surface area contributed by atoms with Gasteiger partial charge in [-0.2, -0.15) is 0 Å². The first-order valence-corrected chi connectivity index (χ1v) is 8.98. The molecule has 1 heterocycles. The average Bonchev–Trinajstić information content (AvgIpc) is 3.07. The molecule has 0 fully saturated rings. The van der Waals surface area contributed by atoms with Crippen LogP contribution in [-0.2, 0) is 9.53 Å². The van der Waals surface area contributed by atoms with Crippen LogP contribution >= 0.6 is 0 Å². The van der Waals surface area contributed by atoms with Gasteiger partial charge in [0, 0.05) is 6.92 Å². The van der Waals surface area contributed by atoms with Crippen LogP contribution in [0.2, 0.25) is 0 Å². The van der Waals surface area contributed by atoms with Crippen LogP contribution in [0.15, 0.2) is 46.9 Å². The number of fused-ring (bicyclic) bond motifs is 1. The van der Waals surface area contributed by atoms with Crippen molar-refractivity contribution in [3.05, 3.63) is 59.5 Å². The zero-order valence-corrected chi connectivity index (χ0v) is 16.0. The summed E-state index contributed by atoms with van der Waals surface area (Å²) in [5.41, 5.74) is 2.15. The number of esters is 1. The normalized spacial score (nSPS) is 11.8. The molecular formula is C21H22N2O5. The standard InChI is InChI=1S/C21H22N2O5/c1-4-27-19(24)12-18(14-8-10-15(26-3)11-9-14)23-21(25)16-6-5-7-17-20(16)28-13(2)22-17/h5-11,18H,4,12H2,1-3H3,(H,23,25). The van der Waals surface area contributed by atoms with Gasteiger partial charge in [0.05, 0.1) is 31.7 Å². The van der Waals surface area contributed by atoms with Gasteiger partial charge < -0.3 is 19.2 Å². The maximum absolute atomic E-state index is 12.9. The second-order valence-corrected chi connectivity index (χ2v) is 6.20. The van der Waals surface area contributed by atoms with Gasteiger partial charge in [0.1, 0.15) is 11.3 Å². The molecule has 0 aliphatic rings. The van der Waals surface area contributed by atoms with Crippen molar-refractivity contribution in [3.8, 4) is 5.75 Å². The predicted molar refractivity (Wildman–Crippen MR) is 103 cm³/mol. The third-order valence-corrected chi connectivity index (χ3v) is 4.27. The molecule has 1 aromatic heterocycles. The van der Waals surface area contributed by atoms with Crippen molar-refractivity contribution in [3.63, 3.8) is 0 Å². The maximum Gasteiger partial charge on any atom is 0.308 e. The molecule has 146 valence electrons. The Bertz CT molecular complexity index is 978.